The lowest BCUT2D eigenvalue weighted by Gasteiger charge is -2.35. The molecule has 3 unspecified atom stereocenters. The van der Waals surface area contributed by atoms with Crippen molar-refractivity contribution in [2.75, 3.05) is 0 Å². The van der Waals surface area contributed by atoms with Crippen LogP contribution in [0.4, 0.5) is 0 Å². The van der Waals surface area contributed by atoms with Gasteiger partial charge in [0.15, 0.2) is 0 Å². The molecule has 0 amide bonds. The molecule has 0 N–H and O–H groups in total. The van der Waals surface area contributed by atoms with Crippen LogP contribution in [0.3, 0.4) is 0 Å². The van der Waals surface area contributed by atoms with Gasteiger partial charge in [-0.1, -0.05) is 256 Å². The zero-order valence-electron chi connectivity index (χ0n) is 41.2. The molecule has 0 aliphatic heterocycles. The second-order valence-electron chi connectivity index (χ2n) is 20.2. The number of benzene rings is 11. The van der Waals surface area contributed by atoms with E-state index >= 15 is 0 Å². The summed E-state index contributed by atoms with van der Waals surface area (Å²) < 4.78 is 2.69. The maximum atomic E-state index is 2.63. The highest BCUT2D eigenvalue weighted by Crippen LogP contribution is 2.59. The van der Waals surface area contributed by atoms with Gasteiger partial charge in [0.25, 0.3) is 0 Å². The molecule has 1 heteroatoms. The van der Waals surface area contributed by atoms with Gasteiger partial charge in [-0.25, -0.2) is 0 Å². The van der Waals surface area contributed by atoms with Gasteiger partial charge in [0.2, 0.25) is 0 Å². The summed E-state index contributed by atoms with van der Waals surface area (Å²) in [5.74, 6) is 0.713. The Hall–Kier alpha value is -8.10. The summed E-state index contributed by atoms with van der Waals surface area (Å²) >= 11 is 1.89. The SMILES string of the molecule is CC(c1ccc2c(c1)C(c1ccccc1)(c1ccccc1)c1cc(CCC(c3ccccc3)c3ccc4sc5ccccc5c4c3)c3ccccc3c1-2)C(Cc1ccc(-c2ccccc2)cc1)c1ccccc1. The zero-order chi connectivity index (χ0) is 48.7. The van der Waals surface area contributed by atoms with Gasteiger partial charge < -0.3 is 0 Å². The zero-order valence-corrected chi connectivity index (χ0v) is 42.0. The van der Waals surface area contributed by atoms with Crippen LogP contribution in [0, 0.1) is 0 Å². The molecule has 350 valence electrons. The predicted molar refractivity (Wildman–Crippen MR) is 310 cm³/mol. The van der Waals surface area contributed by atoms with Gasteiger partial charge >= 0.3 is 0 Å². The fourth-order valence-corrected chi connectivity index (χ4v) is 13.7. The van der Waals surface area contributed by atoms with Gasteiger partial charge in [-0.15, -0.1) is 11.3 Å². The van der Waals surface area contributed by atoms with Gasteiger partial charge in [0.1, 0.15) is 0 Å². The smallest absolute Gasteiger partial charge is 0.0713 e. The Bertz CT molecular complexity index is 3830. The first-order valence-corrected chi connectivity index (χ1v) is 26.9. The van der Waals surface area contributed by atoms with Crippen LogP contribution in [-0.4, -0.2) is 0 Å². The van der Waals surface area contributed by atoms with E-state index in [4.69, 9.17) is 0 Å². The van der Waals surface area contributed by atoms with Crippen LogP contribution < -0.4 is 0 Å². The topological polar surface area (TPSA) is 0 Å². The van der Waals surface area contributed by atoms with Crippen LogP contribution in [0.5, 0.6) is 0 Å². The van der Waals surface area contributed by atoms with Crippen molar-refractivity contribution < 1.29 is 0 Å². The predicted octanol–water partition coefficient (Wildman–Crippen LogP) is 19.1. The van der Waals surface area contributed by atoms with Crippen LogP contribution in [0.2, 0.25) is 0 Å². The van der Waals surface area contributed by atoms with Crippen molar-refractivity contribution in [1.29, 1.82) is 0 Å². The highest BCUT2D eigenvalue weighted by molar-refractivity contribution is 7.25. The number of rotatable bonds is 13. The van der Waals surface area contributed by atoms with E-state index in [0.717, 1.165) is 19.3 Å². The molecular formula is C72H56S. The third kappa shape index (κ3) is 8.00. The summed E-state index contributed by atoms with van der Waals surface area (Å²) in [6.07, 6.45) is 2.85. The van der Waals surface area contributed by atoms with E-state index in [-0.39, 0.29) is 17.8 Å². The molecule has 1 aromatic heterocycles. The lowest BCUT2D eigenvalue weighted by atomic mass is 9.66. The maximum Gasteiger partial charge on any atom is 0.0713 e. The Labute approximate surface area is 433 Å². The van der Waals surface area contributed by atoms with E-state index in [0.29, 0.717) is 0 Å². The lowest BCUT2D eigenvalue weighted by Crippen LogP contribution is -2.29. The molecule has 0 bridgehead atoms. The molecule has 13 rings (SSSR count). The Balaban J connectivity index is 0.951. The Morgan fingerprint density at radius 1 is 0.397 bits per heavy atom. The monoisotopic (exact) mass is 952 g/mol. The number of fused-ring (bicyclic) bond motifs is 8. The van der Waals surface area contributed by atoms with Gasteiger partial charge in [0, 0.05) is 26.1 Å². The maximum absolute atomic E-state index is 2.63. The average molecular weight is 953 g/mol. The molecule has 1 heterocycles. The molecule has 0 saturated heterocycles. The van der Waals surface area contributed by atoms with Gasteiger partial charge in [0.05, 0.1) is 5.41 Å². The second-order valence-corrected chi connectivity index (χ2v) is 21.3. The summed E-state index contributed by atoms with van der Waals surface area (Å²) in [5.41, 5.74) is 18.2. The van der Waals surface area contributed by atoms with Crippen molar-refractivity contribution in [2.24, 2.45) is 0 Å². The van der Waals surface area contributed by atoms with Gasteiger partial charge in [-0.05, 0) is 138 Å². The first kappa shape index (κ1) is 44.8. The van der Waals surface area contributed by atoms with Crippen molar-refractivity contribution in [3.8, 4) is 22.3 Å². The van der Waals surface area contributed by atoms with E-state index in [1.165, 1.54) is 109 Å². The Morgan fingerprint density at radius 2 is 0.945 bits per heavy atom. The molecular weight excluding hydrogens is 897 g/mol. The van der Waals surface area contributed by atoms with Crippen LogP contribution in [0.25, 0.3) is 53.2 Å². The third-order valence-corrected chi connectivity index (χ3v) is 17.4. The van der Waals surface area contributed by atoms with Crippen LogP contribution in [0.15, 0.2) is 267 Å². The van der Waals surface area contributed by atoms with E-state index in [1.807, 2.05) is 11.3 Å². The minimum Gasteiger partial charge on any atom is -0.135 e. The minimum absolute atomic E-state index is 0.225. The van der Waals surface area contributed by atoms with E-state index < -0.39 is 5.41 Å². The molecule has 73 heavy (non-hydrogen) atoms. The molecule has 3 atom stereocenters. The highest BCUT2D eigenvalue weighted by Gasteiger charge is 2.47. The number of hydrogen-bond acceptors (Lipinski definition) is 1. The van der Waals surface area contributed by atoms with Crippen LogP contribution in [-0.2, 0) is 18.3 Å². The lowest BCUT2D eigenvalue weighted by molar-refractivity contribution is 0.571. The normalized spacial score (nSPS) is 13.9. The molecule has 0 radical (unpaired) electrons. The Morgan fingerprint density at radius 3 is 1.63 bits per heavy atom. The number of aryl methyl sites for hydroxylation is 1. The number of thiophene rings is 1. The fraction of sp³-hybridized carbons (Fsp3) is 0.111. The number of hydrogen-bond donors (Lipinski definition) is 0. The average Bonchev–Trinajstić information content (AvgIpc) is 3.99. The van der Waals surface area contributed by atoms with E-state index in [2.05, 4.69) is 274 Å². The van der Waals surface area contributed by atoms with Gasteiger partial charge in [-0.3, -0.25) is 0 Å². The molecule has 1 aliphatic carbocycles. The standard InChI is InChI=1S/C72H56S/c1-49(65(54-25-11-4-12-26-54)45-50-35-37-52(38-36-50)51-21-7-2-8-22-51)55-39-43-64-67(47-55)72(58-27-13-5-14-28-58,59-29-15-6-16-30-59)68-48-57(61-31-17-18-33-63(61)71(64)68)40-42-60(53-23-9-3-10-24-53)56-41-44-70-66(46-56)62-32-19-20-34-69(62)73-70/h2-39,41,43-44,46-49,60,65H,40,42,45H2,1H3. The van der Waals surface area contributed by atoms with Crippen molar-refractivity contribution in [3.63, 3.8) is 0 Å². The summed E-state index contributed by atoms with van der Waals surface area (Å²) in [7, 11) is 0. The van der Waals surface area contributed by atoms with Crippen LogP contribution >= 0.6 is 11.3 Å². The quantitative estimate of drug-likeness (QED) is 0.108. The minimum atomic E-state index is -0.554. The molecule has 0 spiro atoms. The Kier molecular flexibility index (Phi) is 11.8. The fourth-order valence-electron chi connectivity index (χ4n) is 12.6. The second kappa shape index (κ2) is 19.1. The first-order valence-electron chi connectivity index (χ1n) is 26.1. The molecule has 0 fully saturated rings. The first-order chi connectivity index (χ1) is 36.1. The molecule has 12 aromatic rings. The molecule has 11 aromatic carbocycles. The summed E-state index contributed by atoms with van der Waals surface area (Å²) in [5, 5.41) is 5.38. The molecule has 0 saturated carbocycles. The molecule has 0 nitrogen and oxygen atoms in total. The third-order valence-electron chi connectivity index (χ3n) is 16.2. The van der Waals surface area contributed by atoms with Gasteiger partial charge in [-0.2, -0.15) is 0 Å². The largest absolute Gasteiger partial charge is 0.135 e. The van der Waals surface area contributed by atoms with E-state index in [1.54, 1.807) is 0 Å². The summed E-state index contributed by atoms with van der Waals surface area (Å²) in [6.45, 7) is 2.46. The van der Waals surface area contributed by atoms with Crippen molar-refractivity contribution in [2.45, 2.75) is 49.4 Å². The van der Waals surface area contributed by atoms with Crippen LogP contribution in [0.1, 0.15) is 86.7 Å². The molecule has 1 aliphatic rings. The summed E-state index contributed by atoms with van der Waals surface area (Å²) in [4.78, 5) is 0. The van der Waals surface area contributed by atoms with Crippen molar-refractivity contribution >= 4 is 42.3 Å². The van der Waals surface area contributed by atoms with E-state index in [9.17, 15) is 0 Å². The highest BCUT2D eigenvalue weighted by atomic mass is 32.1. The van der Waals surface area contributed by atoms with Crippen molar-refractivity contribution in [1.82, 2.24) is 0 Å². The summed E-state index contributed by atoms with van der Waals surface area (Å²) in [6, 6.07) is 101. The van der Waals surface area contributed by atoms with Crippen molar-refractivity contribution in [3.05, 3.63) is 323 Å².